The van der Waals surface area contributed by atoms with E-state index in [2.05, 4.69) is 0 Å². The van der Waals surface area contributed by atoms with Crippen LogP contribution in [0.4, 0.5) is 0 Å². The van der Waals surface area contributed by atoms with Gasteiger partial charge in [-0.05, 0) is 0 Å². The fourth-order valence-electron chi connectivity index (χ4n) is 0. The van der Waals surface area contributed by atoms with E-state index >= 15 is 0 Å². The quantitative estimate of drug-likeness (QED) is 0.352. The van der Waals surface area contributed by atoms with Gasteiger partial charge in [0.2, 0.25) is 0 Å². The Morgan fingerprint density at radius 1 is 1.25 bits per heavy atom. The summed E-state index contributed by atoms with van der Waals surface area (Å²) in [7, 11) is 0. The molecule has 0 spiro atoms. The van der Waals surface area contributed by atoms with Crippen molar-refractivity contribution < 1.29 is 19.8 Å². The summed E-state index contributed by atoms with van der Waals surface area (Å²) in [5, 5.41) is 0. The Hall–Kier alpha value is 2.11. The predicted octanol–water partition coefficient (Wildman–Crippen LogP) is -2.22. The first kappa shape index (κ1) is 16.5. The molecule has 4 heteroatoms. The van der Waals surface area contributed by atoms with Crippen LogP contribution in [0.15, 0.2) is 0 Å². The first-order valence-electron chi connectivity index (χ1n) is 0.144. The van der Waals surface area contributed by atoms with E-state index in [9.17, 15) is 0 Å². The fourth-order valence-corrected chi connectivity index (χ4v) is 0. The molecule has 0 unspecified atom stereocenters. The van der Waals surface area contributed by atoms with Gasteiger partial charge in [0.15, 0.2) is 17.4 Å². The van der Waals surface area contributed by atoms with Crippen LogP contribution >= 0.6 is 0 Å². The maximum absolute atomic E-state index is 8.00. The molecule has 0 N–H and O–H groups in total. The standard InChI is InChI=1S/Al.Ca.Fe.O.5H. The minimum atomic E-state index is 0. The minimum absolute atomic E-state index is 0. The molecule has 0 radical (unpaired) electrons. The van der Waals surface area contributed by atoms with Crippen LogP contribution in [0.25, 0.3) is 0 Å². The van der Waals surface area contributed by atoms with Gasteiger partial charge in [-0.1, -0.05) is 0 Å². The van der Waals surface area contributed by atoms with E-state index in [1.807, 2.05) is 15.9 Å². The van der Waals surface area contributed by atoms with Crippen LogP contribution < -0.4 is 0 Å². The van der Waals surface area contributed by atoms with Gasteiger partial charge in [0, 0.05) is 0 Å². The molecule has 0 aliphatic heterocycles. The molecule has 0 atom stereocenters. The van der Waals surface area contributed by atoms with E-state index < -0.39 is 0 Å². The number of rotatable bonds is 0. The van der Waals surface area contributed by atoms with Crippen molar-refractivity contribution in [1.29, 1.82) is 0 Å². The third-order valence-corrected chi connectivity index (χ3v) is 0. The molecule has 0 heterocycles. The van der Waals surface area contributed by atoms with Gasteiger partial charge in [-0.15, -0.1) is 0 Å². The second kappa shape index (κ2) is 19.4. The van der Waals surface area contributed by atoms with Gasteiger partial charge in [0.1, 0.15) is 0 Å². The van der Waals surface area contributed by atoms with Crippen molar-refractivity contribution in [1.82, 2.24) is 0 Å². The summed E-state index contributed by atoms with van der Waals surface area (Å²) in [6.45, 7) is 0. The predicted molar refractivity (Wildman–Crippen MR) is 19.2 cm³/mol. The molecule has 4 heavy (non-hydrogen) atoms. The molecule has 1 nitrogen and oxygen atoms in total. The van der Waals surface area contributed by atoms with E-state index in [0.717, 1.165) is 0 Å². The van der Waals surface area contributed by atoms with Crippen molar-refractivity contribution in [2.45, 2.75) is 0 Å². The van der Waals surface area contributed by atoms with Gasteiger partial charge in [-0.25, -0.2) is 0 Å². The van der Waals surface area contributed by atoms with Crippen LogP contribution in [-0.2, 0) is 19.8 Å². The van der Waals surface area contributed by atoms with Crippen molar-refractivity contribution in [3.05, 3.63) is 0 Å². The van der Waals surface area contributed by atoms with Gasteiger partial charge in [-0.3, -0.25) is 0 Å². The normalized spacial score (nSPS) is 1.25. The molecule has 0 bridgehead atoms. The summed E-state index contributed by atoms with van der Waals surface area (Å²) in [5.41, 5.74) is 0. The Balaban J connectivity index is -0.00000000500. The third kappa shape index (κ3) is 8.93. The zero-order valence-corrected chi connectivity index (χ0v) is 1.87. The van der Waals surface area contributed by atoms with E-state index in [0.29, 0.717) is 0 Å². The third-order valence-electron chi connectivity index (χ3n) is 0. The molecule has 0 fully saturated rings. The second-order valence-corrected chi connectivity index (χ2v) is 0. The van der Waals surface area contributed by atoms with Crippen molar-refractivity contribution in [3.8, 4) is 0 Å². The molecule has 0 saturated heterocycles. The van der Waals surface area contributed by atoms with E-state index in [1.165, 1.54) is 0 Å². The molecule has 0 amide bonds. The zero-order chi connectivity index (χ0) is 2.00. The van der Waals surface area contributed by atoms with Crippen molar-refractivity contribution >= 4 is 55.1 Å². The van der Waals surface area contributed by atoms with E-state index in [1.54, 1.807) is 0 Å². The van der Waals surface area contributed by atoms with Crippen molar-refractivity contribution in [3.63, 3.8) is 0 Å². The molecule has 0 aliphatic rings. The zero-order valence-electron chi connectivity index (χ0n) is 0.762. The second-order valence-electron chi connectivity index (χ2n) is 0. The summed E-state index contributed by atoms with van der Waals surface area (Å²) < 4.78 is 8.00. The average Bonchev–Trinajstić information content (AvgIpc) is 1.00. The monoisotopic (exact) mass is 144 g/mol. The number of hydrogen-bond acceptors (Lipinski definition) is 1. The van der Waals surface area contributed by atoms with Crippen molar-refractivity contribution in [2.24, 2.45) is 0 Å². The first-order valence-corrected chi connectivity index (χ1v) is 0.595. The molecule has 0 saturated carbocycles. The molecule has 24 valence electrons. The summed E-state index contributed by atoms with van der Waals surface area (Å²) in [6.07, 6.45) is 0. The van der Waals surface area contributed by atoms with Gasteiger partial charge in [-0.2, -0.15) is 0 Å². The van der Waals surface area contributed by atoms with Gasteiger partial charge in [0.05, 0.1) is 0 Å². The Morgan fingerprint density at radius 2 is 1.25 bits per heavy atom. The van der Waals surface area contributed by atoms with Gasteiger partial charge < -0.3 is 0 Å². The van der Waals surface area contributed by atoms with Crippen LogP contribution in [0.5, 0.6) is 0 Å². The first-order chi connectivity index (χ1) is 1.00. The SMILES string of the molecule is [AlH3].[CaH2].[O]=[Fe]. The Morgan fingerprint density at radius 3 is 1.25 bits per heavy atom. The molecular formula is H5AlCaFeO. The van der Waals surface area contributed by atoms with Gasteiger partial charge >= 0.3 is 57.5 Å². The van der Waals surface area contributed by atoms with E-state index in [4.69, 9.17) is 3.83 Å². The van der Waals surface area contributed by atoms with E-state index in [-0.39, 0.29) is 55.1 Å². The van der Waals surface area contributed by atoms with Crippen LogP contribution in [0.2, 0.25) is 0 Å². The summed E-state index contributed by atoms with van der Waals surface area (Å²) >= 11 is 2.00. The van der Waals surface area contributed by atoms with Crippen LogP contribution in [0, 0.1) is 0 Å². The van der Waals surface area contributed by atoms with Crippen LogP contribution in [-0.4, -0.2) is 55.1 Å². The molecular weight excluding hydrogens is 139 g/mol. The Kier molecular flexibility index (Phi) is 79.9. The maximum atomic E-state index is 8.00. The van der Waals surface area contributed by atoms with Crippen LogP contribution in [0.1, 0.15) is 0 Å². The summed E-state index contributed by atoms with van der Waals surface area (Å²) in [5.74, 6) is 0. The molecule has 0 aromatic carbocycles. The summed E-state index contributed by atoms with van der Waals surface area (Å²) in [4.78, 5) is 0. The Labute approximate surface area is 73.7 Å². The molecule has 0 rings (SSSR count). The fraction of sp³-hybridized carbons (Fsp3) is 0. The molecule has 0 aromatic heterocycles. The summed E-state index contributed by atoms with van der Waals surface area (Å²) in [6, 6.07) is 0. The van der Waals surface area contributed by atoms with Gasteiger partial charge in [0.25, 0.3) is 0 Å². The molecule has 0 aromatic rings. The number of hydrogen-bond donors (Lipinski definition) is 0. The average molecular weight is 144 g/mol. The Bertz CT molecular complexity index is 8.00. The van der Waals surface area contributed by atoms with Crippen molar-refractivity contribution in [2.75, 3.05) is 0 Å². The topological polar surface area (TPSA) is 17.1 Å². The molecule has 0 aliphatic carbocycles. The van der Waals surface area contributed by atoms with Crippen LogP contribution in [0.3, 0.4) is 0 Å².